The predicted molar refractivity (Wildman–Crippen MR) is 95.9 cm³/mol. The molecule has 0 aromatic rings. The van der Waals surface area contributed by atoms with Crippen molar-refractivity contribution in [3.05, 3.63) is 0 Å². The molecule has 0 aliphatic heterocycles. The number of aliphatic hydroxyl groups is 1. The summed E-state index contributed by atoms with van der Waals surface area (Å²) in [4.78, 5) is 0. The number of unbranched alkanes of at least 4 members (excludes halogenated alkanes) is 2. The Balaban J connectivity index is 1.71. The normalized spacial score (nSPS) is 34.9. The van der Waals surface area contributed by atoms with Crippen molar-refractivity contribution in [2.45, 2.75) is 96.8 Å². The van der Waals surface area contributed by atoms with E-state index in [2.05, 4.69) is 13.0 Å². The largest absolute Gasteiger partial charge is 0.396 e. The topological polar surface area (TPSA) is 44.0 Å². The van der Waals surface area contributed by atoms with Crippen LogP contribution in [0.25, 0.3) is 0 Å². The van der Waals surface area contributed by atoms with Gasteiger partial charge in [0.05, 0.1) is 11.5 Å². The molecular weight excluding hydrogens is 282 g/mol. The molecule has 2 aliphatic carbocycles. The number of hydrogen-bond donors (Lipinski definition) is 1. The number of rotatable bonds is 8. The summed E-state index contributed by atoms with van der Waals surface area (Å²) in [5.74, 6) is 2.82. The van der Waals surface area contributed by atoms with Gasteiger partial charge in [-0.15, -0.1) is 0 Å². The molecule has 2 saturated carbocycles. The summed E-state index contributed by atoms with van der Waals surface area (Å²) >= 11 is 0. The average molecular weight is 320 g/mol. The molecule has 0 spiro atoms. The maximum atomic E-state index is 9.57. The van der Waals surface area contributed by atoms with Crippen molar-refractivity contribution in [1.29, 1.82) is 5.26 Å². The zero-order chi connectivity index (χ0) is 16.5. The summed E-state index contributed by atoms with van der Waals surface area (Å²) in [5, 5.41) is 18.6. The van der Waals surface area contributed by atoms with Crippen LogP contribution in [0.3, 0.4) is 0 Å². The Labute approximate surface area is 143 Å². The molecule has 0 bridgehead atoms. The fraction of sp³-hybridized carbons (Fsp3) is 0.952. The summed E-state index contributed by atoms with van der Waals surface area (Å²) in [5.41, 5.74) is -0.114. The van der Waals surface area contributed by atoms with E-state index in [-0.39, 0.29) is 12.0 Å². The third-order valence-corrected chi connectivity index (χ3v) is 6.81. The SMILES string of the molecule is CCCCCC1CCC(C2CCC(C#N)(CCCO)CC2)CC1. The molecule has 0 saturated heterocycles. The smallest absolute Gasteiger partial charge is 0.0689 e. The molecule has 2 fully saturated rings. The molecule has 2 rings (SSSR count). The van der Waals surface area contributed by atoms with Crippen LogP contribution in [-0.4, -0.2) is 11.7 Å². The highest BCUT2D eigenvalue weighted by atomic mass is 16.2. The fourth-order valence-electron chi connectivity index (χ4n) is 5.13. The molecule has 23 heavy (non-hydrogen) atoms. The molecule has 0 unspecified atom stereocenters. The molecule has 0 radical (unpaired) electrons. The Hall–Kier alpha value is -0.550. The highest BCUT2D eigenvalue weighted by Crippen LogP contribution is 2.47. The van der Waals surface area contributed by atoms with Gasteiger partial charge in [0.2, 0.25) is 0 Å². The molecule has 0 amide bonds. The average Bonchev–Trinajstić information content (AvgIpc) is 2.61. The van der Waals surface area contributed by atoms with E-state index in [0.29, 0.717) is 0 Å². The highest BCUT2D eigenvalue weighted by molar-refractivity contribution is 5.02. The van der Waals surface area contributed by atoms with Gasteiger partial charge >= 0.3 is 0 Å². The molecule has 0 aromatic carbocycles. The van der Waals surface area contributed by atoms with Crippen LogP contribution in [0.15, 0.2) is 0 Å². The van der Waals surface area contributed by atoms with Gasteiger partial charge in [-0.3, -0.25) is 0 Å². The predicted octanol–water partition coefficient (Wildman–Crippen LogP) is 5.85. The van der Waals surface area contributed by atoms with Gasteiger partial charge in [0.1, 0.15) is 0 Å². The monoisotopic (exact) mass is 319 g/mol. The number of nitriles is 1. The van der Waals surface area contributed by atoms with Gasteiger partial charge in [-0.1, -0.05) is 45.4 Å². The molecule has 2 heteroatoms. The Bertz CT molecular complexity index is 357. The first-order valence-electron chi connectivity index (χ1n) is 10.2. The van der Waals surface area contributed by atoms with Crippen LogP contribution >= 0.6 is 0 Å². The van der Waals surface area contributed by atoms with Gasteiger partial charge in [0.15, 0.2) is 0 Å². The minimum absolute atomic E-state index is 0.114. The lowest BCUT2D eigenvalue weighted by atomic mass is 9.63. The lowest BCUT2D eigenvalue weighted by molar-refractivity contribution is 0.111. The van der Waals surface area contributed by atoms with E-state index in [1.807, 2.05) is 0 Å². The summed E-state index contributed by atoms with van der Waals surface area (Å²) in [6.07, 6.45) is 17.8. The maximum Gasteiger partial charge on any atom is 0.0689 e. The number of hydrogen-bond acceptors (Lipinski definition) is 2. The van der Waals surface area contributed by atoms with Gasteiger partial charge in [0, 0.05) is 6.61 Å². The lowest BCUT2D eigenvalue weighted by Crippen LogP contribution is -2.31. The second-order valence-corrected chi connectivity index (χ2v) is 8.33. The van der Waals surface area contributed by atoms with Crippen molar-refractivity contribution in [1.82, 2.24) is 0 Å². The first-order valence-corrected chi connectivity index (χ1v) is 10.2. The van der Waals surface area contributed by atoms with E-state index in [4.69, 9.17) is 5.11 Å². The highest BCUT2D eigenvalue weighted by Gasteiger charge is 2.38. The zero-order valence-corrected chi connectivity index (χ0v) is 15.2. The van der Waals surface area contributed by atoms with Crippen molar-refractivity contribution in [2.24, 2.45) is 23.2 Å². The fourth-order valence-corrected chi connectivity index (χ4v) is 5.13. The lowest BCUT2D eigenvalue weighted by Gasteiger charge is -2.40. The minimum atomic E-state index is -0.114. The van der Waals surface area contributed by atoms with Gasteiger partial charge in [0.25, 0.3) is 0 Å². The first-order chi connectivity index (χ1) is 11.2. The van der Waals surface area contributed by atoms with E-state index < -0.39 is 0 Å². The van der Waals surface area contributed by atoms with Crippen molar-refractivity contribution in [2.75, 3.05) is 6.61 Å². The van der Waals surface area contributed by atoms with Crippen LogP contribution in [0, 0.1) is 34.5 Å². The molecule has 2 nitrogen and oxygen atoms in total. The van der Waals surface area contributed by atoms with Crippen LogP contribution < -0.4 is 0 Å². The first kappa shape index (κ1) is 18.8. The molecule has 0 heterocycles. The van der Waals surface area contributed by atoms with Crippen molar-refractivity contribution < 1.29 is 5.11 Å². The molecule has 2 aliphatic rings. The Morgan fingerprint density at radius 3 is 2.17 bits per heavy atom. The summed E-state index contributed by atoms with van der Waals surface area (Å²) in [7, 11) is 0. The van der Waals surface area contributed by atoms with E-state index in [9.17, 15) is 5.26 Å². The third-order valence-electron chi connectivity index (χ3n) is 6.81. The van der Waals surface area contributed by atoms with Crippen LogP contribution in [0.5, 0.6) is 0 Å². The van der Waals surface area contributed by atoms with Gasteiger partial charge in [-0.2, -0.15) is 5.26 Å². The minimum Gasteiger partial charge on any atom is -0.396 e. The van der Waals surface area contributed by atoms with Crippen molar-refractivity contribution in [3.63, 3.8) is 0 Å². The summed E-state index contributed by atoms with van der Waals surface area (Å²) in [6.45, 7) is 2.52. The zero-order valence-electron chi connectivity index (χ0n) is 15.2. The van der Waals surface area contributed by atoms with E-state index in [0.717, 1.165) is 43.4 Å². The van der Waals surface area contributed by atoms with Crippen molar-refractivity contribution >= 4 is 0 Å². The van der Waals surface area contributed by atoms with Gasteiger partial charge < -0.3 is 5.11 Å². The Morgan fingerprint density at radius 1 is 0.957 bits per heavy atom. The van der Waals surface area contributed by atoms with Crippen LogP contribution in [0.2, 0.25) is 0 Å². The second kappa shape index (κ2) is 9.67. The second-order valence-electron chi connectivity index (χ2n) is 8.33. The van der Waals surface area contributed by atoms with E-state index in [1.165, 1.54) is 64.2 Å². The van der Waals surface area contributed by atoms with E-state index >= 15 is 0 Å². The molecule has 1 N–H and O–H groups in total. The van der Waals surface area contributed by atoms with Crippen LogP contribution in [0.4, 0.5) is 0 Å². The van der Waals surface area contributed by atoms with Crippen LogP contribution in [-0.2, 0) is 0 Å². The summed E-state index contributed by atoms with van der Waals surface area (Å²) < 4.78 is 0. The number of nitrogens with zero attached hydrogens (tertiary/aromatic N) is 1. The Kier molecular flexibility index (Phi) is 7.90. The maximum absolute atomic E-state index is 9.57. The van der Waals surface area contributed by atoms with Gasteiger partial charge in [-0.25, -0.2) is 0 Å². The Morgan fingerprint density at radius 2 is 1.61 bits per heavy atom. The summed E-state index contributed by atoms with van der Waals surface area (Å²) in [6, 6.07) is 2.60. The van der Waals surface area contributed by atoms with Crippen LogP contribution in [0.1, 0.15) is 96.8 Å². The molecular formula is C21H37NO. The molecule has 0 aromatic heterocycles. The standard InChI is InChI=1S/C21H37NO/c1-2-3-4-6-18-7-9-19(10-8-18)20-11-14-21(17-22,15-12-20)13-5-16-23/h18-20,23H,2-16H2,1H3. The third kappa shape index (κ3) is 5.49. The number of aliphatic hydroxyl groups excluding tert-OH is 1. The molecule has 132 valence electrons. The van der Waals surface area contributed by atoms with Gasteiger partial charge in [-0.05, 0) is 69.1 Å². The van der Waals surface area contributed by atoms with Crippen molar-refractivity contribution in [3.8, 4) is 6.07 Å². The molecule has 0 atom stereocenters. The quantitative estimate of drug-likeness (QED) is 0.571. The van der Waals surface area contributed by atoms with E-state index in [1.54, 1.807) is 0 Å².